The van der Waals surface area contributed by atoms with Crippen LogP contribution in [0.25, 0.3) is 28.4 Å². The molecule has 1 amide bonds. The SMILES string of the molecule is CC(C)c1noc(/C=C/C(=O)N2CCCC2)n1.CNc1nc(OC[C@@]23CCCN2CC(F)C3)nc2c(F)c(-c3nc(N)cc(C)c3C)ncc12. The fourth-order valence-electron chi connectivity index (χ4n) is 6.83. The van der Waals surface area contributed by atoms with Gasteiger partial charge in [-0.05, 0) is 63.3 Å². The number of aromatic nitrogens is 6. The summed E-state index contributed by atoms with van der Waals surface area (Å²) in [6.07, 6.45) is 8.24. The van der Waals surface area contributed by atoms with Crippen molar-refractivity contribution in [3.63, 3.8) is 0 Å². The van der Waals surface area contributed by atoms with Gasteiger partial charge in [-0.3, -0.25) is 14.7 Å². The average Bonchev–Trinajstić information content (AvgIpc) is 3.90. The molecular formula is C35H44F2N10O3. The predicted molar refractivity (Wildman–Crippen MR) is 186 cm³/mol. The minimum Gasteiger partial charge on any atom is -0.461 e. The number of hydrogen-bond donors (Lipinski definition) is 2. The maximum atomic E-state index is 15.7. The summed E-state index contributed by atoms with van der Waals surface area (Å²) < 4.78 is 40.8. The van der Waals surface area contributed by atoms with Crippen molar-refractivity contribution in [2.75, 3.05) is 50.9 Å². The second-order valence-corrected chi connectivity index (χ2v) is 13.5. The molecular weight excluding hydrogens is 646 g/mol. The van der Waals surface area contributed by atoms with Gasteiger partial charge in [0.05, 0.1) is 16.6 Å². The van der Waals surface area contributed by atoms with E-state index in [0.29, 0.717) is 47.4 Å². The number of likely N-dealkylation sites (tertiary alicyclic amines) is 1. The molecule has 7 heterocycles. The molecule has 0 spiro atoms. The molecule has 3 aliphatic heterocycles. The summed E-state index contributed by atoms with van der Waals surface area (Å²) >= 11 is 0. The maximum absolute atomic E-state index is 15.7. The Morgan fingerprint density at radius 3 is 2.66 bits per heavy atom. The number of amides is 1. The number of alkyl halides is 1. The number of anilines is 2. The van der Waals surface area contributed by atoms with E-state index < -0.39 is 12.0 Å². The van der Waals surface area contributed by atoms with Crippen LogP contribution in [0.5, 0.6) is 6.01 Å². The molecule has 4 aromatic rings. The van der Waals surface area contributed by atoms with Gasteiger partial charge in [0.15, 0.2) is 11.6 Å². The molecule has 4 aromatic heterocycles. The summed E-state index contributed by atoms with van der Waals surface area (Å²) in [6, 6.07) is 1.78. The molecule has 3 N–H and O–H groups in total. The van der Waals surface area contributed by atoms with Gasteiger partial charge in [-0.2, -0.15) is 15.0 Å². The molecule has 3 saturated heterocycles. The fourth-order valence-corrected chi connectivity index (χ4v) is 6.83. The summed E-state index contributed by atoms with van der Waals surface area (Å²) in [6.45, 7) is 11.0. The number of rotatable bonds is 8. The minimum atomic E-state index is -0.858. The van der Waals surface area contributed by atoms with Crippen LogP contribution in [0.15, 0.2) is 22.9 Å². The Labute approximate surface area is 289 Å². The molecule has 0 aromatic carbocycles. The number of carbonyl (C=O) groups is 1. The van der Waals surface area contributed by atoms with Crippen molar-refractivity contribution < 1.29 is 22.8 Å². The lowest BCUT2D eigenvalue weighted by Crippen LogP contribution is -2.43. The van der Waals surface area contributed by atoms with E-state index in [1.165, 1.54) is 12.3 Å². The zero-order valence-electron chi connectivity index (χ0n) is 29.2. The van der Waals surface area contributed by atoms with E-state index in [0.717, 1.165) is 56.4 Å². The van der Waals surface area contributed by atoms with Crippen molar-refractivity contribution in [1.29, 1.82) is 0 Å². The number of nitrogen functional groups attached to an aromatic ring is 1. The van der Waals surface area contributed by atoms with Crippen molar-refractivity contribution in [1.82, 2.24) is 39.9 Å². The average molecular weight is 691 g/mol. The first-order valence-electron chi connectivity index (χ1n) is 17.1. The maximum Gasteiger partial charge on any atom is 0.319 e. The Morgan fingerprint density at radius 2 is 1.94 bits per heavy atom. The van der Waals surface area contributed by atoms with Crippen LogP contribution < -0.4 is 15.8 Å². The lowest BCUT2D eigenvalue weighted by Gasteiger charge is -2.30. The summed E-state index contributed by atoms with van der Waals surface area (Å²) in [4.78, 5) is 37.3. The number of halogens is 2. The zero-order chi connectivity index (χ0) is 35.6. The van der Waals surface area contributed by atoms with E-state index >= 15 is 4.39 Å². The Morgan fingerprint density at radius 1 is 1.16 bits per heavy atom. The van der Waals surface area contributed by atoms with Crippen LogP contribution in [0.3, 0.4) is 0 Å². The fraction of sp³-hybridized carbons (Fsp3) is 0.514. The van der Waals surface area contributed by atoms with Crippen LogP contribution in [-0.2, 0) is 4.79 Å². The van der Waals surface area contributed by atoms with Crippen molar-refractivity contribution >= 4 is 34.5 Å². The highest BCUT2D eigenvalue weighted by atomic mass is 19.1. The molecule has 0 radical (unpaired) electrons. The molecule has 0 bridgehead atoms. The third-order valence-corrected chi connectivity index (χ3v) is 9.67. The van der Waals surface area contributed by atoms with E-state index in [9.17, 15) is 9.18 Å². The van der Waals surface area contributed by atoms with Crippen molar-refractivity contribution in [3.8, 4) is 17.4 Å². The standard InChI is InChI=1S/C23H27F2N7O.C12H17N3O2/c1-12-7-16(26)29-18(13(12)2)20-17(25)19-15(9-28-20)21(27-3)31-22(30-19)33-11-23-5-4-6-32(23)10-14(24)8-23;1-9(2)12-13-10(17-14-12)5-6-11(16)15-7-3-4-8-15/h7,9,14H,4-6,8,10-11H2,1-3H3,(H2,26,29)(H,27,30,31);5-6,9H,3-4,7-8H2,1-2H3/b;6-5+/t14?,23-;/m0./s1. The Hall–Kier alpha value is -4.79. The van der Waals surface area contributed by atoms with Crippen LogP contribution >= 0.6 is 0 Å². The van der Waals surface area contributed by atoms with E-state index in [2.05, 4.69) is 40.3 Å². The van der Waals surface area contributed by atoms with Crippen LogP contribution in [0.1, 0.15) is 74.7 Å². The van der Waals surface area contributed by atoms with E-state index in [1.54, 1.807) is 19.2 Å². The number of hydrogen-bond acceptors (Lipinski definition) is 12. The van der Waals surface area contributed by atoms with Crippen LogP contribution in [0.2, 0.25) is 0 Å². The Kier molecular flexibility index (Phi) is 10.2. The second-order valence-electron chi connectivity index (χ2n) is 13.5. The third-order valence-electron chi connectivity index (χ3n) is 9.67. The lowest BCUT2D eigenvalue weighted by atomic mass is 9.95. The van der Waals surface area contributed by atoms with Gasteiger partial charge < -0.3 is 25.2 Å². The number of nitrogens with zero attached hydrogens (tertiary/aromatic N) is 8. The summed E-state index contributed by atoms with van der Waals surface area (Å²) in [5.74, 6) is 1.38. The van der Waals surface area contributed by atoms with Gasteiger partial charge in [-0.25, -0.2) is 13.8 Å². The first-order valence-corrected chi connectivity index (χ1v) is 17.1. The van der Waals surface area contributed by atoms with Gasteiger partial charge in [-0.15, -0.1) is 0 Å². The molecule has 3 aliphatic rings. The number of fused-ring (bicyclic) bond motifs is 2. The Bertz CT molecular complexity index is 1890. The molecule has 266 valence electrons. The zero-order valence-corrected chi connectivity index (χ0v) is 29.2. The Balaban J connectivity index is 0.000000214. The van der Waals surface area contributed by atoms with Crippen molar-refractivity contribution in [2.24, 2.45) is 0 Å². The quantitative estimate of drug-likeness (QED) is 0.232. The minimum absolute atomic E-state index is 0.0202. The van der Waals surface area contributed by atoms with Gasteiger partial charge in [0.25, 0.3) is 5.89 Å². The molecule has 1 unspecified atom stereocenters. The number of carbonyl (C=O) groups excluding carboxylic acids is 1. The highest BCUT2D eigenvalue weighted by Crippen LogP contribution is 2.40. The third kappa shape index (κ3) is 7.23. The van der Waals surface area contributed by atoms with E-state index in [-0.39, 0.29) is 41.2 Å². The number of ether oxygens (including phenoxy) is 1. The first kappa shape index (κ1) is 35.1. The number of aryl methyl sites for hydroxylation is 1. The van der Waals surface area contributed by atoms with Gasteiger partial charge in [0.2, 0.25) is 5.91 Å². The van der Waals surface area contributed by atoms with Crippen molar-refractivity contribution in [3.05, 3.63) is 47.0 Å². The molecule has 0 aliphatic carbocycles. The highest BCUT2D eigenvalue weighted by Gasteiger charge is 2.49. The number of pyridine rings is 2. The van der Waals surface area contributed by atoms with Crippen molar-refractivity contribution in [2.45, 2.75) is 77.4 Å². The van der Waals surface area contributed by atoms with Gasteiger partial charge >= 0.3 is 6.01 Å². The smallest absolute Gasteiger partial charge is 0.319 e. The van der Waals surface area contributed by atoms with Crippen LogP contribution in [0, 0.1) is 19.7 Å². The molecule has 50 heavy (non-hydrogen) atoms. The second kappa shape index (κ2) is 14.6. The molecule has 7 rings (SSSR count). The van der Waals surface area contributed by atoms with Gasteiger partial charge in [-0.1, -0.05) is 19.0 Å². The highest BCUT2D eigenvalue weighted by molar-refractivity contribution is 5.92. The number of nitrogens with two attached hydrogens (primary N) is 1. The first-order chi connectivity index (χ1) is 24.0. The molecule has 3 fully saturated rings. The molecule has 15 heteroatoms. The van der Waals surface area contributed by atoms with Crippen LogP contribution in [0.4, 0.5) is 20.4 Å². The molecule has 13 nitrogen and oxygen atoms in total. The molecule has 2 atom stereocenters. The topological polar surface area (TPSA) is 161 Å². The summed E-state index contributed by atoms with van der Waals surface area (Å²) in [5.41, 5.74) is 7.75. The summed E-state index contributed by atoms with van der Waals surface area (Å²) in [5, 5.41) is 7.22. The van der Waals surface area contributed by atoms with E-state index in [1.807, 2.05) is 32.6 Å². The molecule has 0 saturated carbocycles. The summed E-state index contributed by atoms with van der Waals surface area (Å²) in [7, 11) is 1.69. The normalized spacial score (nSPS) is 20.5. The predicted octanol–water partition coefficient (Wildman–Crippen LogP) is 5.25. The van der Waals surface area contributed by atoms with Gasteiger partial charge in [0.1, 0.15) is 35.6 Å². The van der Waals surface area contributed by atoms with Crippen LogP contribution in [-0.4, -0.2) is 97.3 Å². The monoisotopic (exact) mass is 690 g/mol. The van der Waals surface area contributed by atoms with Gasteiger partial charge in [0, 0.05) is 57.4 Å². The largest absolute Gasteiger partial charge is 0.461 e. The number of nitrogens with one attached hydrogen (secondary N) is 1. The lowest BCUT2D eigenvalue weighted by molar-refractivity contribution is -0.124. The van der Waals surface area contributed by atoms with E-state index in [4.69, 9.17) is 15.0 Å².